The summed E-state index contributed by atoms with van der Waals surface area (Å²) < 4.78 is 5.81. The number of hydrogen-bond acceptors (Lipinski definition) is 4. The zero-order valence-corrected chi connectivity index (χ0v) is 10.00. The summed E-state index contributed by atoms with van der Waals surface area (Å²) in [7, 11) is 0. The van der Waals surface area contributed by atoms with E-state index in [0.717, 1.165) is 16.5 Å². The highest BCUT2D eigenvalue weighted by molar-refractivity contribution is 5.81. The van der Waals surface area contributed by atoms with E-state index < -0.39 is 6.04 Å². The van der Waals surface area contributed by atoms with Crippen molar-refractivity contribution in [2.24, 2.45) is 5.73 Å². The molecular weight excluding hydrogens is 226 g/mol. The van der Waals surface area contributed by atoms with Crippen LogP contribution >= 0.6 is 0 Å². The van der Waals surface area contributed by atoms with E-state index in [9.17, 15) is 0 Å². The molecular formula is C14H13N3O. The average molecular weight is 239 g/mol. The predicted octanol–water partition coefficient (Wildman–Crippen LogP) is 2.58. The Morgan fingerprint density at radius 3 is 2.67 bits per heavy atom. The van der Waals surface area contributed by atoms with Crippen molar-refractivity contribution in [1.82, 2.24) is 9.97 Å². The first-order valence-electron chi connectivity index (χ1n) is 5.77. The number of nitrogens with two attached hydrogens (primary N) is 1. The smallest absolute Gasteiger partial charge is 0.152 e. The van der Waals surface area contributed by atoms with Gasteiger partial charge in [0, 0.05) is 17.8 Å². The zero-order chi connectivity index (χ0) is 12.5. The molecule has 2 aromatic heterocycles. The summed E-state index contributed by atoms with van der Waals surface area (Å²) in [5.41, 5.74) is 8.08. The fraction of sp³-hybridized carbons (Fsp3) is 0.143. The third kappa shape index (κ3) is 1.76. The molecule has 3 aromatic rings. The normalized spacial score (nSPS) is 12.8. The lowest BCUT2D eigenvalue weighted by atomic mass is 10.1. The second-order valence-electron chi connectivity index (χ2n) is 4.23. The Kier molecular flexibility index (Phi) is 2.57. The van der Waals surface area contributed by atoms with E-state index in [1.54, 1.807) is 18.5 Å². The average Bonchev–Trinajstić information content (AvgIpc) is 2.84. The number of rotatable bonds is 2. The summed E-state index contributed by atoms with van der Waals surface area (Å²) in [6, 6.07) is 9.30. The molecule has 4 heteroatoms. The molecule has 0 saturated heterocycles. The van der Waals surface area contributed by atoms with E-state index in [1.807, 2.05) is 31.2 Å². The maximum Gasteiger partial charge on any atom is 0.152 e. The quantitative estimate of drug-likeness (QED) is 0.746. The highest BCUT2D eigenvalue weighted by Crippen LogP contribution is 2.27. The number of hydrogen-bond donors (Lipinski definition) is 1. The minimum atomic E-state index is -0.432. The van der Waals surface area contributed by atoms with Crippen LogP contribution in [-0.2, 0) is 0 Å². The van der Waals surface area contributed by atoms with Crippen LogP contribution in [0.1, 0.15) is 23.2 Å². The van der Waals surface area contributed by atoms with Crippen molar-refractivity contribution in [3.63, 3.8) is 0 Å². The van der Waals surface area contributed by atoms with E-state index in [2.05, 4.69) is 9.97 Å². The van der Waals surface area contributed by atoms with Gasteiger partial charge in [0.2, 0.25) is 0 Å². The molecule has 0 aliphatic rings. The van der Waals surface area contributed by atoms with Crippen molar-refractivity contribution in [1.29, 1.82) is 0 Å². The van der Waals surface area contributed by atoms with Crippen molar-refractivity contribution >= 4 is 11.0 Å². The SMILES string of the molecule is Cc1cccc2cc(C(N)c3ncccn3)oc12. The van der Waals surface area contributed by atoms with Gasteiger partial charge in [-0.05, 0) is 24.6 Å². The molecule has 4 nitrogen and oxygen atoms in total. The van der Waals surface area contributed by atoms with Gasteiger partial charge in [0.1, 0.15) is 17.4 Å². The van der Waals surface area contributed by atoms with Gasteiger partial charge in [-0.3, -0.25) is 0 Å². The summed E-state index contributed by atoms with van der Waals surface area (Å²) in [5.74, 6) is 1.25. The van der Waals surface area contributed by atoms with E-state index in [1.165, 1.54) is 0 Å². The summed E-state index contributed by atoms with van der Waals surface area (Å²) in [5, 5.41) is 1.05. The summed E-state index contributed by atoms with van der Waals surface area (Å²) in [6.07, 6.45) is 3.35. The Bertz CT molecular complexity index is 676. The van der Waals surface area contributed by atoms with Crippen LogP contribution in [0.2, 0.25) is 0 Å². The van der Waals surface area contributed by atoms with E-state index >= 15 is 0 Å². The van der Waals surface area contributed by atoms with Gasteiger partial charge in [-0.25, -0.2) is 9.97 Å². The second-order valence-corrected chi connectivity index (χ2v) is 4.23. The monoisotopic (exact) mass is 239 g/mol. The third-order valence-electron chi connectivity index (χ3n) is 2.93. The van der Waals surface area contributed by atoms with Crippen molar-refractivity contribution < 1.29 is 4.42 Å². The first kappa shape index (κ1) is 10.9. The van der Waals surface area contributed by atoms with Gasteiger partial charge in [0.25, 0.3) is 0 Å². The van der Waals surface area contributed by atoms with E-state index in [0.29, 0.717) is 11.6 Å². The summed E-state index contributed by atoms with van der Waals surface area (Å²) in [4.78, 5) is 8.30. The molecule has 1 atom stereocenters. The molecule has 0 aliphatic heterocycles. The fourth-order valence-electron chi connectivity index (χ4n) is 1.98. The minimum absolute atomic E-state index is 0.432. The first-order valence-corrected chi connectivity index (χ1v) is 5.77. The van der Waals surface area contributed by atoms with Crippen LogP contribution in [-0.4, -0.2) is 9.97 Å². The summed E-state index contributed by atoms with van der Waals surface area (Å²) in [6.45, 7) is 2.01. The number of fused-ring (bicyclic) bond motifs is 1. The maximum absolute atomic E-state index is 6.11. The van der Waals surface area contributed by atoms with Crippen LogP contribution < -0.4 is 5.73 Å². The lowest BCUT2D eigenvalue weighted by molar-refractivity contribution is 0.513. The molecule has 0 saturated carbocycles. The Morgan fingerprint density at radius 2 is 1.94 bits per heavy atom. The van der Waals surface area contributed by atoms with Crippen LogP contribution in [0.5, 0.6) is 0 Å². The van der Waals surface area contributed by atoms with Gasteiger partial charge in [0.05, 0.1) is 0 Å². The molecule has 3 rings (SSSR count). The molecule has 2 N–H and O–H groups in total. The predicted molar refractivity (Wildman–Crippen MR) is 69.0 cm³/mol. The number of furan rings is 1. The number of benzene rings is 1. The zero-order valence-electron chi connectivity index (χ0n) is 10.00. The first-order chi connectivity index (χ1) is 8.75. The van der Waals surface area contributed by atoms with E-state index in [-0.39, 0.29) is 0 Å². The van der Waals surface area contributed by atoms with Crippen LogP contribution in [0.4, 0.5) is 0 Å². The number of para-hydroxylation sites is 1. The van der Waals surface area contributed by atoms with Crippen LogP contribution in [0.3, 0.4) is 0 Å². The van der Waals surface area contributed by atoms with Gasteiger partial charge >= 0.3 is 0 Å². The van der Waals surface area contributed by atoms with Crippen LogP contribution in [0.15, 0.2) is 47.1 Å². The standard InChI is InChI=1S/C14H13N3O/c1-9-4-2-5-10-8-11(18-13(9)10)12(15)14-16-6-3-7-17-14/h2-8,12H,15H2,1H3. The molecule has 18 heavy (non-hydrogen) atoms. The maximum atomic E-state index is 6.11. The lowest BCUT2D eigenvalue weighted by Gasteiger charge is -2.05. The van der Waals surface area contributed by atoms with Gasteiger partial charge < -0.3 is 10.2 Å². The molecule has 0 fully saturated rings. The Hall–Kier alpha value is -2.20. The van der Waals surface area contributed by atoms with Gasteiger partial charge in [-0.15, -0.1) is 0 Å². The molecule has 1 unspecified atom stereocenters. The molecule has 0 aliphatic carbocycles. The minimum Gasteiger partial charge on any atom is -0.459 e. The highest BCUT2D eigenvalue weighted by Gasteiger charge is 2.16. The van der Waals surface area contributed by atoms with Crippen molar-refractivity contribution in [3.8, 4) is 0 Å². The number of aromatic nitrogens is 2. The molecule has 1 aromatic carbocycles. The van der Waals surface area contributed by atoms with E-state index in [4.69, 9.17) is 10.2 Å². The van der Waals surface area contributed by atoms with Gasteiger partial charge in [-0.2, -0.15) is 0 Å². The van der Waals surface area contributed by atoms with Crippen molar-refractivity contribution in [2.75, 3.05) is 0 Å². The third-order valence-corrected chi connectivity index (χ3v) is 2.93. The lowest BCUT2D eigenvalue weighted by Crippen LogP contribution is -2.14. The Labute approximate surface area is 104 Å². The topological polar surface area (TPSA) is 64.9 Å². The number of aryl methyl sites for hydroxylation is 1. The number of nitrogens with zero attached hydrogens (tertiary/aromatic N) is 2. The molecule has 0 amide bonds. The largest absolute Gasteiger partial charge is 0.459 e. The highest BCUT2D eigenvalue weighted by atomic mass is 16.3. The molecule has 0 bridgehead atoms. The van der Waals surface area contributed by atoms with Crippen LogP contribution in [0.25, 0.3) is 11.0 Å². The fourth-order valence-corrected chi connectivity index (χ4v) is 1.98. The molecule has 0 radical (unpaired) electrons. The van der Waals surface area contributed by atoms with Crippen molar-refractivity contribution in [3.05, 3.63) is 59.9 Å². The van der Waals surface area contributed by atoms with Crippen molar-refractivity contribution in [2.45, 2.75) is 13.0 Å². The molecule has 0 spiro atoms. The summed E-state index contributed by atoms with van der Waals surface area (Å²) >= 11 is 0. The van der Waals surface area contributed by atoms with Crippen LogP contribution in [0, 0.1) is 6.92 Å². The second kappa shape index (κ2) is 4.23. The Morgan fingerprint density at radius 1 is 1.17 bits per heavy atom. The Balaban J connectivity index is 2.07. The molecule has 2 heterocycles. The van der Waals surface area contributed by atoms with Gasteiger partial charge in [-0.1, -0.05) is 18.2 Å². The van der Waals surface area contributed by atoms with Gasteiger partial charge in [0.15, 0.2) is 5.82 Å². The molecule has 90 valence electrons.